The molecule has 3 aromatic rings. The Hall–Kier alpha value is -3.36. The van der Waals surface area contributed by atoms with Crippen molar-refractivity contribution in [3.8, 4) is 34.9 Å². The maximum absolute atomic E-state index is 6.07. The number of aromatic nitrogens is 2. The second-order valence-corrected chi connectivity index (χ2v) is 5.81. The Morgan fingerprint density at radius 2 is 1.32 bits per heavy atom. The second kappa shape index (κ2) is 9.03. The molecule has 0 saturated carbocycles. The maximum atomic E-state index is 6.07. The minimum atomic E-state index is -0.469. The Balaban J connectivity index is 1.86. The van der Waals surface area contributed by atoms with E-state index in [1.54, 1.807) is 68.9 Å². The maximum Gasteiger partial charge on any atom is 0.325 e. The van der Waals surface area contributed by atoms with Crippen molar-refractivity contribution in [2.24, 2.45) is 11.5 Å². The highest BCUT2D eigenvalue weighted by Gasteiger charge is 2.16. The van der Waals surface area contributed by atoms with Crippen LogP contribution in [-0.4, -0.2) is 30.7 Å². The Morgan fingerprint density at radius 3 is 1.82 bits per heavy atom. The lowest BCUT2D eigenvalue weighted by molar-refractivity contribution is 0.397. The van der Waals surface area contributed by atoms with Gasteiger partial charge in [-0.2, -0.15) is 4.98 Å². The number of hydrogen-bond donors (Lipinski definition) is 2. The number of nitrogens with zero attached hydrogens (tertiary/aromatic N) is 2. The Labute approximate surface area is 163 Å². The molecule has 8 heteroatoms. The lowest BCUT2D eigenvalue weighted by Gasteiger charge is -2.15. The van der Waals surface area contributed by atoms with Crippen LogP contribution >= 0.6 is 0 Å². The van der Waals surface area contributed by atoms with Crippen molar-refractivity contribution in [2.45, 2.75) is 6.04 Å². The number of rotatable bonds is 8. The molecule has 146 valence electrons. The summed E-state index contributed by atoms with van der Waals surface area (Å²) in [6.07, 6.45) is 1.56. The fraction of sp³-hybridized carbons (Fsp3) is 0.200. The van der Waals surface area contributed by atoms with Crippen LogP contribution in [-0.2, 0) is 0 Å². The molecule has 0 aliphatic rings. The molecule has 0 aliphatic heterocycles. The van der Waals surface area contributed by atoms with Gasteiger partial charge in [0.25, 0.3) is 0 Å². The third-order valence-corrected chi connectivity index (χ3v) is 3.95. The van der Waals surface area contributed by atoms with Gasteiger partial charge in [-0.15, -0.1) is 0 Å². The zero-order valence-electron chi connectivity index (χ0n) is 15.7. The zero-order chi connectivity index (χ0) is 19.9. The van der Waals surface area contributed by atoms with Gasteiger partial charge in [0.05, 0.1) is 19.8 Å². The summed E-state index contributed by atoms with van der Waals surface area (Å²) in [6, 6.07) is 13.8. The number of benzene rings is 2. The Kier molecular flexibility index (Phi) is 6.25. The fourth-order valence-corrected chi connectivity index (χ4v) is 2.38. The smallest absolute Gasteiger partial charge is 0.325 e. The molecule has 0 fully saturated rings. The molecule has 0 amide bonds. The number of methoxy groups -OCH3 is 2. The third kappa shape index (κ3) is 4.67. The van der Waals surface area contributed by atoms with Crippen LogP contribution in [0.5, 0.6) is 34.9 Å². The summed E-state index contributed by atoms with van der Waals surface area (Å²) in [5.41, 5.74) is 12.4. The third-order valence-electron chi connectivity index (χ3n) is 3.95. The molecule has 1 heterocycles. The first-order chi connectivity index (χ1) is 13.6. The van der Waals surface area contributed by atoms with Crippen molar-refractivity contribution in [2.75, 3.05) is 20.8 Å². The molecule has 1 unspecified atom stereocenters. The molecule has 4 N–H and O–H groups in total. The minimum Gasteiger partial charge on any atom is -0.497 e. The number of ether oxygens (including phenoxy) is 4. The normalized spacial score (nSPS) is 11.6. The summed E-state index contributed by atoms with van der Waals surface area (Å²) >= 11 is 0. The van der Waals surface area contributed by atoms with Crippen LogP contribution < -0.4 is 30.4 Å². The molecular formula is C20H22N4O4. The van der Waals surface area contributed by atoms with Gasteiger partial charge in [-0.25, -0.2) is 4.98 Å². The first kappa shape index (κ1) is 19.4. The van der Waals surface area contributed by atoms with E-state index in [2.05, 4.69) is 9.97 Å². The van der Waals surface area contributed by atoms with Crippen molar-refractivity contribution in [1.29, 1.82) is 0 Å². The first-order valence-electron chi connectivity index (χ1n) is 8.59. The standard InChI is InChI=1S/C20H22N4O4/c1-25-13-3-7-15(8-4-13)27-19-17(18(22)11-21)12-23-20(24-19)28-16-9-5-14(26-2)6-10-16/h3-10,12,18H,11,21-22H2,1-2H3. The summed E-state index contributed by atoms with van der Waals surface area (Å²) in [4.78, 5) is 8.58. The van der Waals surface area contributed by atoms with E-state index in [1.165, 1.54) is 0 Å². The van der Waals surface area contributed by atoms with Crippen LogP contribution in [0.15, 0.2) is 54.7 Å². The van der Waals surface area contributed by atoms with Crippen LogP contribution in [0.3, 0.4) is 0 Å². The lowest BCUT2D eigenvalue weighted by atomic mass is 10.1. The second-order valence-electron chi connectivity index (χ2n) is 5.81. The molecule has 0 bridgehead atoms. The van der Waals surface area contributed by atoms with Crippen LogP contribution in [0.25, 0.3) is 0 Å². The van der Waals surface area contributed by atoms with Gasteiger partial charge in [0.2, 0.25) is 5.88 Å². The molecule has 0 aliphatic carbocycles. The van der Waals surface area contributed by atoms with E-state index in [1.807, 2.05) is 0 Å². The highest BCUT2D eigenvalue weighted by molar-refractivity contribution is 5.38. The average molecular weight is 382 g/mol. The van der Waals surface area contributed by atoms with Crippen molar-refractivity contribution < 1.29 is 18.9 Å². The van der Waals surface area contributed by atoms with Crippen molar-refractivity contribution in [3.63, 3.8) is 0 Å². The van der Waals surface area contributed by atoms with Gasteiger partial charge in [0.15, 0.2) is 0 Å². The van der Waals surface area contributed by atoms with Crippen molar-refractivity contribution >= 4 is 0 Å². The van der Waals surface area contributed by atoms with E-state index in [0.29, 0.717) is 17.1 Å². The van der Waals surface area contributed by atoms with Gasteiger partial charge in [-0.3, -0.25) is 0 Å². The summed E-state index contributed by atoms with van der Waals surface area (Å²) in [5.74, 6) is 2.85. The molecule has 1 aromatic heterocycles. The van der Waals surface area contributed by atoms with E-state index >= 15 is 0 Å². The molecule has 0 saturated heterocycles. The minimum absolute atomic E-state index is 0.127. The van der Waals surface area contributed by atoms with Crippen LogP contribution in [0.4, 0.5) is 0 Å². The molecule has 28 heavy (non-hydrogen) atoms. The highest BCUT2D eigenvalue weighted by Crippen LogP contribution is 2.30. The van der Waals surface area contributed by atoms with E-state index in [9.17, 15) is 0 Å². The quantitative estimate of drug-likeness (QED) is 0.611. The van der Waals surface area contributed by atoms with E-state index in [-0.39, 0.29) is 18.4 Å². The van der Waals surface area contributed by atoms with Crippen LogP contribution in [0.1, 0.15) is 11.6 Å². The van der Waals surface area contributed by atoms with E-state index in [0.717, 1.165) is 11.5 Å². The summed E-state index contributed by atoms with van der Waals surface area (Å²) in [5, 5.41) is 0. The summed E-state index contributed by atoms with van der Waals surface area (Å²) in [6.45, 7) is 0.223. The summed E-state index contributed by atoms with van der Waals surface area (Å²) in [7, 11) is 3.20. The topological polar surface area (TPSA) is 115 Å². The fourth-order valence-electron chi connectivity index (χ4n) is 2.38. The van der Waals surface area contributed by atoms with Gasteiger partial charge in [0.1, 0.15) is 23.0 Å². The highest BCUT2D eigenvalue weighted by atomic mass is 16.5. The predicted molar refractivity (Wildman–Crippen MR) is 104 cm³/mol. The summed E-state index contributed by atoms with van der Waals surface area (Å²) < 4.78 is 21.9. The lowest BCUT2D eigenvalue weighted by Crippen LogP contribution is -2.22. The first-order valence-corrected chi connectivity index (χ1v) is 8.59. The SMILES string of the molecule is COc1ccc(Oc2ncc(C(N)CN)c(Oc3ccc(OC)cc3)n2)cc1. The van der Waals surface area contributed by atoms with Gasteiger partial charge >= 0.3 is 6.01 Å². The molecule has 0 radical (unpaired) electrons. The molecular weight excluding hydrogens is 360 g/mol. The molecule has 3 rings (SSSR count). The predicted octanol–water partition coefficient (Wildman–Crippen LogP) is 3.04. The number of nitrogens with two attached hydrogens (primary N) is 2. The van der Waals surface area contributed by atoms with Gasteiger partial charge in [-0.05, 0) is 48.5 Å². The van der Waals surface area contributed by atoms with Crippen molar-refractivity contribution in [1.82, 2.24) is 9.97 Å². The average Bonchev–Trinajstić information content (AvgIpc) is 2.74. The molecule has 1 atom stereocenters. The van der Waals surface area contributed by atoms with E-state index in [4.69, 9.17) is 30.4 Å². The van der Waals surface area contributed by atoms with Gasteiger partial charge < -0.3 is 30.4 Å². The largest absolute Gasteiger partial charge is 0.497 e. The van der Waals surface area contributed by atoms with Crippen LogP contribution in [0, 0.1) is 0 Å². The molecule has 2 aromatic carbocycles. The molecule has 8 nitrogen and oxygen atoms in total. The van der Waals surface area contributed by atoms with E-state index < -0.39 is 6.04 Å². The molecule has 0 spiro atoms. The zero-order valence-corrected chi connectivity index (χ0v) is 15.7. The Bertz CT molecular complexity index is 901. The van der Waals surface area contributed by atoms with Crippen LogP contribution in [0.2, 0.25) is 0 Å². The van der Waals surface area contributed by atoms with Gasteiger partial charge in [-0.1, -0.05) is 0 Å². The Morgan fingerprint density at radius 1 is 0.821 bits per heavy atom. The monoisotopic (exact) mass is 382 g/mol. The number of hydrogen-bond acceptors (Lipinski definition) is 8. The van der Waals surface area contributed by atoms with Crippen molar-refractivity contribution in [3.05, 3.63) is 60.3 Å². The van der Waals surface area contributed by atoms with Gasteiger partial charge in [0, 0.05) is 18.8 Å².